The van der Waals surface area contributed by atoms with Gasteiger partial charge in [0.2, 0.25) is 0 Å². The van der Waals surface area contributed by atoms with E-state index in [2.05, 4.69) is 71.4 Å². The van der Waals surface area contributed by atoms with Crippen LogP contribution in [0, 0.1) is 15.9 Å². The molecule has 0 aliphatic carbocycles. The molecular weight excluding hydrogens is 1060 g/mol. The van der Waals surface area contributed by atoms with E-state index in [9.17, 15) is 5.48 Å². The number of ether oxygens (including phenoxy) is 1. The first-order valence-electron chi connectivity index (χ1n) is 28.5. The number of fused-ring (bicyclic) bond motifs is 9. The zero-order valence-electron chi connectivity index (χ0n) is 49.1. The van der Waals surface area contributed by atoms with Crippen molar-refractivity contribution in [1.29, 1.82) is 0 Å². The quantitative estimate of drug-likeness (QED) is 0.112. The van der Waals surface area contributed by atoms with Crippen molar-refractivity contribution in [3.63, 3.8) is 0 Å². The topological polar surface area (TPSA) is 38.5 Å². The van der Waals surface area contributed by atoms with Gasteiger partial charge in [-0.25, -0.2) is 0 Å². The van der Waals surface area contributed by atoms with Crippen molar-refractivity contribution in [2.24, 2.45) is 0 Å². The van der Waals surface area contributed by atoms with Crippen molar-refractivity contribution in [3.8, 4) is 67.5 Å². The summed E-state index contributed by atoms with van der Waals surface area (Å²) in [5.74, 6) is 0.654. The van der Waals surface area contributed by atoms with Crippen molar-refractivity contribution in [2.45, 2.75) is 26.2 Å². The summed E-state index contributed by atoms with van der Waals surface area (Å²) >= 11 is 2.25. The van der Waals surface area contributed by atoms with Gasteiger partial charge in [-0.1, -0.05) is 42.5 Å². The van der Waals surface area contributed by atoms with Crippen molar-refractivity contribution in [1.82, 2.24) is 14.1 Å². The molecule has 2 aliphatic heterocycles. The van der Waals surface area contributed by atoms with Crippen LogP contribution in [0.2, 0.25) is 0 Å². The average Bonchev–Trinajstić information content (AvgIpc) is 2.47. The number of hydrogen-bond acceptors (Lipinski definition) is 4. The summed E-state index contributed by atoms with van der Waals surface area (Å²) in [7, 11) is 0. The molecule has 0 saturated heterocycles. The monoisotopic (exact) mass is 1120 g/mol. The summed E-state index contributed by atoms with van der Waals surface area (Å²) in [6.07, 6.45) is 0. The number of benzene rings is 9. The Kier molecular flexibility index (Phi) is 8.32. The zero-order chi connectivity index (χ0) is 57.2. The van der Waals surface area contributed by atoms with Gasteiger partial charge < -0.3 is 0 Å². The molecular formula is C64H46BN5OPt-2. The number of imidazole rings is 1. The van der Waals surface area contributed by atoms with E-state index in [0.29, 0.717) is 32.1 Å². The van der Waals surface area contributed by atoms with Gasteiger partial charge in [-0.15, -0.1) is 6.07 Å². The second-order valence-corrected chi connectivity index (χ2v) is 19.6. The fraction of sp³-hybridized carbons (Fsp3) is 0.0625. The number of anilines is 4. The van der Waals surface area contributed by atoms with Gasteiger partial charge in [-0.05, 0) is 11.6 Å². The SMILES string of the molecule is [2H]c1c([2H])c([2H])c(-c2cccc(-c3ccccc3)c2-n2[c](=[Pt])n(-c3[c-]c(Oc4nc(N5B6c7ccccc7-c7ccccc7N6c6ccc[c-]c65)cc(C(C)(C)C)c4-c4c([2H])c([2H])c([2H])c([2H])c4[2H])ccc3)c3ccccc32)c([2H])c1[2H]. The average molecular weight is 1120 g/mol. The normalized spacial score (nSPS) is 14.6. The molecule has 0 spiro atoms. The Labute approximate surface area is 445 Å². The van der Waals surface area contributed by atoms with Gasteiger partial charge in [-0.3, -0.25) is 0 Å². The van der Waals surface area contributed by atoms with Gasteiger partial charge in [-0.2, -0.15) is 12.1 Å². The Hall–Kier alpha value is -8.25. The Morgan fingerprint density at radius 2 is 1.21 bits per heavy atom. The van der Waals surface area contributed by atoms with E-state index >= 15 is 0 Å². The van der Waals surface area contributed by atoms with Crippen LogP contribution in [0.1, 0.15) is 40.0 Å². The maximum absolute atomic E-state index is 9.41. The first-order valence-corrected chi connectivity index (χ1v) is 24.6. The number of pyridine rings is 1. The molecule has 0 unspecified atom stereocenters. The van der Waals surface area contributed by atoms with Crippen LogP contribution in [0.4, 0.5) is 22.9 Å². The zero-order valence-corrected chi connectivity index (χ0v) is 41.4. The number of para-hydroxylation sites is 5. The molecule has 0 bridgehead atoms. The van der Waals surface area contributed by atoms with Crippen LogP contribution in [0.5, 0.6) is 11.6 Å². The number of rotatable bonds is 8. The Morgan fingerprint density at radius 1 is 0.583 bits per heavy atom. The molecule has 13 rings (SSSR count). The third-order valence-electron chi connectivity index (χ3n) is 13.3. The van der Waals surface area contributed by atoms with Crippen LogP contribution in [-0.4, -0.2) is 21.1 Å². The van der Waals surface area contributed by atoms with Crippen molar-refractivity contribution in [3.05, 3.63) is 246 Å². The third kappa shape index (κ3) is 7.21. The number of hydrogen-bond donors (Lipinski definition) is 0. The molecule has 2 aliphatic rings. The first kappa shape index (κ1) is 34.1. The van der Waals surface area contributed by atoms with Crippen LogP contribution < -0.4 is 19.8 Å². The molecule has 8 heteroatoms. The predicted molar refractivity (Wildman–Crippen MR) is 291 cm³/mol. The van der Waals surface area contributed by atoms with Gasteiger partial charge >= 0.3 is 362 Å². The molecule has 348 valence electrons. The summed E-state index contributed by atoms with van der Waals surface area (Å²) in [6.45, 7) is 5.59. The molecule has 9 aromatic carbocycles. The second-order valence-electron chi connectivity index (χ2n) is 18.6. The maximum atomic E-state index is 9.41. The van der Waals surface area contributed by atoms with E-state index in [4.69, 9.17) is 17.9 Å². The fourth-order valence-electron chi connectivity index (χ4n) is 10.3. The Morgan fingerprint density at radius 3 is 1.97 bits per heavy atom. The molecule has 0 N–H and O–H groups in total. The Bertz CT molecular complexity index is 4510. The second kappa shape index (κ2) is 17.6. The molecule has 0 atom stereocenters. The summed E-state index contributed by atoms with van der Waals surface area (Å²) in [5, 5.41) is 0. The van der Waals surface area contributed by atoms with Crippen molar-refractivity contribution < 1.29 is 37.8 Å². The summed E-state index contributed by atoms with van der Waals surface area (Å²) in [4.78, 5) is 9.86. The molecule has 0 fully saturated rings. The minimum absolute atomic E-state index is 0.0166. The van der Waals surface area contributed by atoms with E-state index in [-0.39, 0.29) is 40.4 Å². The summed E-state index contributed by atoms with van der Waals surface area (Å²) in [5.41, 5.74) is 10.6. The van der Waals surface area contributed by atoms with Crippen LogP contribution >= 0.6 is 0 Å². The predicted octanol–water partition coefficient (Wildman–Crippen LogP) is 15.3. The fourth-order valence-corrected chi connectivity index (χ4v) is 11.3. The van der Waals surface area contributed by atoms with E-state index in [1.54, 1.807) is 12.1 Å². The van der Waals surface area contributed by atoms with Crippen LogP contribution in [0.15, 0.2) is 224 Å². The molecule has 0 amide bonds. The van der Waals surface area contributed by atoms with Gasteiger partial charge in [0.25, 0.3) is 0 Å². The first-order chi connectivity index (χ1) is 39.5. The van der Waals surface area contributed by atoms with E-state index in [1.807, 2.05) is 151 Å². The van der Waals surface area contributed by atoms with Crippen molar-refractivity contribution in [2.75, 3.05) is 9.62 Å². The van der Waals surface area contributed by atoms with Gasteiger partial charge in [0.15, 0.2) is 0 Å². The molecule has 11 aromatic rings. The van der Waals surface area contributed by atoms with Crippen LogP contribution in [-0.2, 0) is 24.8 Å². The summed E-state index contributed by atoms with van der Waals surface area (Å²) < 4.78 is 101. The third-order valence-corrected chi connectivity index (χ3v) is 14.3. The minimum atomic E-state index is -0.739. The van der Waals surface area contributed by atoms with Gasteiger partial charge in [0.05, 0.1) is 1.37 Å². The molecule has 0 saturated carbocycles. The molecule has 72 heavy (non-hydrogen) atoms. The standard InChI is InChI=1S/C64H46BN5O.Pt/c1-64(2,3)53-42-60(70-59-40-20-19-39-58(59)69-55-36-16-14-32-52(55)51-31-13-15-35-54(51)65(69)70)66-63(61(53)46-27-11-6-12-28-46)71-48-30-21-29-47(41-48)67-43-68(57-38-18-17-37-56(57)67)62-49(44-23-7-4-8-24-44)33-22-34-50(62)45-25-9-5-10-26-45;/h4-39,42H,1-3H3;/q-2;/i4D,6D,7D,8D,11D,12D,23D,24D,27D,28D;. The van der Waals surface area contributed by atoms with Crippen LogP contribution in [0.3, 0.4) is 0 Å². The van der Waals surface area contributed by atoms with E-state index in [0.717, 1.165) is 55.8 Å². The molecule has 6 nitrogen and oxygen atoms in total. The van der Waals surface area contributed by atoms with E-state index in [1.165, 1.54) is 0 Å². The van der Waals surface area contributed by atoms with Crippen LogP contribution in [0.25, 0.3) is 66.9 Å². The van der Waals surface area contributed by atoms with Crippen molar-refractivity contribution >= 4 is 46.4 Å². The molecule has 4 heterocycles. The molecule has 2 aromatic heterocycles. The molecule has 0 radical (unpaired) electrons. The van der Waals surface area contributed by atoms with Gasteiger partial charge in [0.1, 0.15) is 0 Å². The summed E-state index contributed by atoms with van der Waals surface area (Å²) in [6, 6.07) is 55.7. The number of aromatic nitrogens is 3. The van der Waals surface area contributed by atoms with Gasteiger partial charge in [0, 0.05) is 11.3 Å². The Balaban J connectivity index is 1.04. The van der Waals surface area contributed by atoms with E-state index < -0.39 is 60.7 Å². The number of nitrogens with zero attached hydrogens (tertiary/aromatic N) is 5.